The van der Waals surface area contributed by atoms with Crippen molar-refractivity contribution in [3.05, 3.63) is 77.1 Å². The van der Waals surface area contributed by atoms with Gasteiger partial charge in [-0.2, -0.15) is 5.10 Å². The van der Waals surface area contributed by atoms with Crippen molar-refractivity contribution >= 4 is 23.5 Å². The standard InChI is InChI=1S/C23H23N3O5/c1-15-19(16(2)26(25-15)17-9-5-4-6-10-17)13-22(28)31-14-21(27)24-20-12-8-7-11-18(20)23(29)30-3/h4-12H,13-14H2,1-3H3,(H,24,27). The Bertz CT molecular complexity index is 1110. The van der Waals surface area contributed by atoms with E-state index in [1.165, 1.54) is 13.2 Å². The maximum atomic E-state index is 12.3. The zero-order valence-corrected chi connectivity index (χ0v) is 17.5. The summed E-state index contributed by atoms with van der Waals surface area (Å²) in [7, 11) is 1.26. The minimum absolute atomic E-state index is 0.00344. The van der Waals surface area contributed by atoms with Crippen LogP contribution in [0.3, 0.4) is 0 Å². The van der Waals surface area contributed by atoms with E-state index in [9.17, 15) is 14.4 Å². The van der Waals surface area contributed by atoms with Crippen molar-refractivity contribution in [1.82, 2.24) is 9.78 Å². The van der Waals surface area contributed by atoms with Crippen LogP contribution in [0.4, 0.5) is 5.69 Å². The van der Waals surface area contributed by atoms with Gasteiger partial charge in [0.05, 0.1) is 36.2 Å². The highest BCUT2D eigenvalue weighted by molar-refractivity contribution is 6.01. The van der Waals surface area contributed by atoms with E-state index >= 15 is 0 Å². The van der Waals surface area contributed by atoms with Crippen LogP contribution in [0, 0.1) is 13.8 Å². The van der Waals surface area contributed by atoms with E-state index in [-0.39, 0.29) is 17.7 Å². The van der Waals surface area contributed by atoms with E-state index in [1.54, 1.807) is 22.9 Å². The van der Waals surface area contributed by atoms with Gasteiger partial charge in [0.25, 0.3) is 5.91 Å². The molecule has 3 rings (SSSR count). The number of benzene rings is 2. The Kier molecular flexibility index (Phi) is 6.81. The van der Waals surface area contributed by atoms with E-state index in [0.717, 1.165) is 22.6 Å². The molecule has 0 aliphatic heterocycles. The van der Waals surface area contributed by atoms with Crippen LogP contribution in [0.5, 0.6) is 0 Å². The van der Waals surface area contributed by atoms with Crippen LogP contribution in [0.2, 0.25) is 0 Å². The molecular formula is C23H23N3O5. The smallest absolute Gasteiger partial charge is 0.339 e. The van der Waals surface area contributed by atoms with Gasteiger partial charge in [-0.15, -0.1) is 0 Å². The van der Waals surface area contributed by atoms with E-state index < -0.39 is 24.5 Å². The summed E-state index contributed by atoms with van der Waals surface area (Å²) in [5, 5.41) is 7.06. The fourth-order valence-electron chi connectivity index (χ4n) is 3.16. The normalized spacial score (nSPS) is 10.4. The molecule has 0 saturated heterocycles. The molecule has 0 fully saturated rings. The zero-order valence-electron chi connectivity index (χ0n) is 17.5. The van der Waals surface area contributed by atoms with Crippen molar-refractivity contribution in [1.29, 1.82) is 0 Å². The number of rotatable bonds is 7. The Labute approximate surface area is 179 Å². The number of carbonyl (C=O) groups is 3. The van der Waals surface area contributed by atoms with Crippen LogP contribution in [-0.2, 0) is 25.5 Å². The third-order valence-electron chi connectivity index (χ3n) is 4.73. The molecule has 0 atom stereocenters. The third-order valence-corrected chi connectivity index (χ3v) is 4.73. The third kappa shape index (κ3) is 5.16. The molecule has 0 saturated carbocycles. The lowest BCUT2D eigenvalue weighted by Crippen LogP contribution is -2.23. The first-order chi connectivity index (χ1) is 14.9. The van der Waals surface area contributed by atoms with Gasteiger partial charge in [0.15, 0.2) is 6.61 Å². The maximum Gasteiger partial charge on any atom is 0.339 e. The molecule has 31 heavy (non-hydrogen) atoms. The second-order valence-electron chi connectivity index (χ2n) is 6.82. The predicted octanol–water partition coefficient (Wildman–Crippen LogP) is 3.00. The zero-order chi connectivity index (χ0) is 22.4. The molecule has 0 unspecified atom stereocenters. The minimum atomic E-state index is -0.575. The van der Waals surface area contributed by atoms with Gasteiger partial charge in [0.2, 0.25) is 0 Å². The first-order valence-electron chi connectivity index (χ1n) is 9.64. The Morgan fingerprint density at radius 1 is 1.00 bits per heavy atom. The number of anilines is 1. The lowest BCUT2D eigenvalue weighted by Gasteiger charge is -2.10. The van der Waals surface area contributed by atoms with Crippen molar-refractivity contribution < 1.29 is 23.9 Å². The summed E-state index contributed by atoms with van der Waals surface area (Å²) in [6, 6.07) is 16.0. The van der Waals surface area contributed by atoms with Crippen LogP contribution in [0.1, 0.15) is 27.3 Å². The first-order valence-corrected chi connectivity index (χ1v) is 9.64. The second kappa shape index (κ2) is 9.71. The summed E-state index contributed by atoms with van der Waals surface area (Å²) >= 11 is 0. The van der Waals surface area contributed by atoms with Gasteiger partial charge >= 0.3 is 11.9 Å². The lowest BCUT2D eigenvalue weighted by atomic mass is 10.1. The van der Waals surface area contributed by atoms with Crippen molar-refractivity contribution in [2.45, 2.75) is 20.3 Å². The minimum Gasteiger partial charge on any atom is -0.465 e. The molecule has 160 valence electrons. The molecule has 8 heteroatoms. The van der Waals surface area contributed by atoms with Crippen LogP contribution in [-0.4, -0.2) is 41.3 Å². The van der Waals surface area contributed by atoms with E-state index in [4.69, 9.17) is 9.47 Å². The number of hydrogen-bond acceptors (Lipinski definition) is 6. The summed E-state index contributed by atoms with van der Waals surface area (Å²) in [4.78, 5) is 36.3. The van der Waals surface area contributed by atoms with Crippen LogP contribution >= 0.6 is 0 Å². The quantitative estimate of drug-likeness (QED) is 0.589. The van der Waals surface area contributed by atoms with Gasteiger partial charge in [0, 0.05) is 11.3 Å². The molecule has 8 nitrogen and oxygen atoms in total. The van der Waals surface area contributed by atoms with Gasteiger partial charge in [-0.05, 0) is 38.1 Å². The number of aromatic nitrogens is 2. The molecule has 0 bridgehead atoms. The predicted molar refractivity (Wildman–Crippen MR) is 114 cm³/mol. The Morgan fingerprint density at radius 3 is 2.39 bits per heavy atom. The molecule has 1 amide bonds. The molecule has 0 radical (unpaired) electrons. The Morgan fingerprint density at radius 2 is 1.68 bits per heavy atom. The number of nitrogens with one attached hydrogen (secondary N) is 1. The average Bonchev–Trinajstić information content (AvgIpc) is 3.06. The molecule has 3 aromatic rings. The monoisotopic (exact) mass is 421 g/mol. The number of amides is 1. The summed E-state index contributed by atoms with van der Waals surface area (Å²) in [5.41, 5.74) is 3.69. The molecular weight excluding hydrogens is 398 g/mol. The number of para-hydroxylation sites is 2. The fourth-order valence-corrected chi connectivity index (χ4v) is 3.16. The number of hydrogen-bond donors (Lipinski definition) is 1. The molecule has 1 heterocycles. The van der Waals surface area contributed by atoms with Crippen molar-refractivity contribution in [2.75, 3.05) is 19.0 Å². The highest BCUT2D eigenvalue weighted by Gasteiger charge is 2.18. The number of esters is 2. The molecule has 0 aliphatic rings. The highest BCUT2D eigenvalue weighted by atomic mass is 16.5. The topological polar surface area (TPSA) is 99.5 Å². The van der Waals surface area contributed by atoms with Gasteiger partial charge in [-0.1, -0.05) is 30.3 Å². The van der Waals surface area contributed by atoms with E-state index in [1.807, 2.05) is 44.2 Å². The van der Waals surface area contributed by atoms with Crippen LogP contribution in [0.15, 0.2) is 54.6 Å². The largest absolute Gasteiger partial charge is 0.465 e. The molecule has 2 aromatic carbocycles. The molecule has 0 spiro atoms. The number of methoxy groups -OCH3 is 1. The Hall–Kier alpha value is -3.94. The van der Waals surface area contributed by atoms with Crippen molar-refractivity contribution in [2.24, 2.45) is 0 Å². The molecule has 0 aliphatic carbocycles. The number of nitrogens with zero attached hydrogens (tertiary/aromatic N) is 2. The summed E-state index contributed by atoms with van der Waals surface area (Å²) in [5.74, 6) is -1.68. The van der Waals surface area contributed by atoms with Gasteiger partial charge in [-0.3, -0.25) is 9.59 Å². The second-order valence-corrected chi connectivity index (χ2v) is 6.82. The van der Waals surface area contributed by atoms with Gasteiger partial charge in [0.1, 0.15) is 0 Å². The highest BCUT2D eigenvalue weighted by Crippen LogP contribution is 2.19. The number of ether oxygens (including phenoxy) is 2. The van der Waals surface area contributed by atoms with Gasteiger partial charge < -0.3 is 14.8 Å². The molecule has 1 N–H and O–H groups in total. The summed E-state index contributed by atoms with van der Waals surface area (Å²) in [6.45, 7) is 3.23. The van der Waals surface area contributed by atoms with Crippen LogP contribution < -0.4 is 5.32 Å². The van der Waals surface area contributed by atoms with Gasteiger partial charge in [-0.25, -0.2) is 9.48 Å². The molecule has 1 aromatic heterocycles. The lowest BCUT2D eigenvalue weighted by molar-refractivity contribution is -0.146. The fraction of sp³-hybridized carbons (Fsp3) is 0.217. The van der Waals surface area contributed by atoms with E-state index in [0.29, 0.717) is 0 Å². The van der Waals surface area contributed by atoms with E-state index in [2.05, 4.69) is 10.4 Å². The maximum absolute atomic E-state index is 12.3. The number of aryl methyl sites for hydroxylation is 1. The number of carbonyl (C=O) groups excluding carboxylic acids is 3. The van der Waals surface area contributed by atoms with Crippen molar-refractivity contribution in [3.8, 4) is 5.69 Å². The summed E-state index contributed by atoms with van der Waals surface area (Å²) in [6.07, 6.45) is -0.00344. The first kappa shape index (κ1) is 21.8. The van der Waals surface area contributed by atoms with Crippen LogP contribution in [0.25, 0.3) is 5.69 Å². The Balaban J connectivity index is 1.61. The SMILES string of the molecule is COC(=O)c1ccccc1NC(=O)COC(=O)Cc1c(C)nn(-c2ccccc2)c1C. The summed E-state index contributed by atoms with van der Waals surface area (Å²) < 4.78 is 11.6. The van der Waals surface area contributed by atoms with Crippen molar-refractivity contribution in [3.63, 3.8) is 0 Å². The average molecular weight is 421 g/mol.